The summed E-state index contributed by atoms with van der Waals surface area (Å²) in [6.45, 7) is 2.64. The van der Waals surface area contributed by atoms with E-state index in [-0.39, 0.29) is 29.1 Å². The van der Waals surface area contributed by atoms with Gasteiger partial charge in [-0.25, -0.2) is 0 Å². The van der Waals surface area contributed by atoms with Gasteiger partial charge in [-0.1, -0.05) is 0 Å². The van der Waals surface area contributed by atoms with E-state index in [2.05, 4.69) is 5.32 Å². The van der Waals surface area contributed by atoms with E-state index in [4.69, 9.17) is 4.74 Å². The zero-order valence-corrected chi connectivity index (χ0v) is 10.8. The van der Waals surface area contributed by atoms with Gasteiger partial charge >= 0.3 is 0 Å². The Kier molecular flexibility index (Phi) is 4.24. The summed E-state index contributed by atoms with van der Waals surface area (Å²) in [5, 5.41) is 22.0. The van der Waals surface area contributed by atoms with Crippen molar-refractivity contribution in [3.63, 3.8) is 0 Å². The third kappa shape index (κ3) is 3.59. The molecule has 0 aliphatic carbocycles. The van der Waals surface area contributed by atoms with E-state index in [1.54, 1.807) is 7.05 Å². The molecule has 1 fully saturated rings. The molecule has 6 nitrogen and oxygen atoms in total. The van der Waals surface area contributed by atoms with E-state index in [0.29, 0.717) is 19.7 Å². The molecule has 1 aliphatic rings. The van der Waals surface area contributed by atoms with Crippen LogP contribution in [0.1, 0.15) is 10.4 Å². The Morgan fingerprint density at radius 2 is 2.11 bits per heavy atom. The van der Waals surface area contributed by atoms with Crippen LogP contribution in [0.3, 0.4) is 0 Å². The molecule has 0 bridgehead atoms. The minimum Gasteiger partial charge on any atom is -0.508 e. The van der Waals surface area contributed by atoms with E-state index in [1.807, 2.05) is 0 Å². The van der Waals surface area contributed by atoms with Crippen molar-refractivity contribution in [2.24, 2.45) is 0 Å². The summed E-state index contributed by atoms with van der Waals surface area (Å²) in [4.78, 5) is 13.7. The number of benzene rings is 1. The average molecular weight is 266 g/mol. The summed E-state index contributed by atoms with van der Waals surface area (Å²) < 4.78 is 5.53. The molecule has 1 aliphatic heterocycles. The maximum absolute atomic E-state index is 12.2. The lowest BCUT2D eigenvalue weighted by molar-refractivity contribution is 0.0104. The molecule has 1 unspecified atom stereocenters. The van der Waals surface area contributed by atoms with Crippen LogP contribution in [-0.2, 0) is 4.74 Å². The predicted molar refractivity (Wildman–Crippen MR) is 69.3 cm³/mol. The second kappa shape index (κ2) is 5.90. The van der Waals surface area contributed by atoms with E-state index < -0.39 is 0 Å². The number of phenols is 2. The van der Waals surface area contributed by atoms with Crippen LogP contribution in [-0.4, -0.2) is 60.4 Å². The largest absolute Gasteiger partial charge is 0.508 e. The van der Waals surface area contributed by atoms with Gasteiger partial charge in [-0.15, -0.1) is 0 Å². The molecule has 1 aromatic carbocycles. The maximum Gasteiger partial charge on any atom is 0.253 e. The second-order valence-corrected chi connectivity index (χ2v) is 4.62. The third-order valence-electron chi connectivity index (χ3n) is 2.98. The fourth-order valence-electron chi connectivity index (χ4n) is 2.06. The molecule has 19 heavy (non-hydrogen) atoms. The van der Waals surface area contributed by atoms with Crippen LogP contribution in [0, 0.1) is 0 Å². The number of likely N-dealkylation sites (N-methyl/N-ethyl adjacent to an activating group) is 1. The number of nitrogens with zero attached hydrogens (tertiary/aromatic N) is 1. The molecule has 2 rings (SSSR count). The van der Waals surface area contributed by atoms with Gasteiger partial charge in [-0.2, -0.15) is 0 Å². The van der Waals surface area contributed by atoms with Crippen LogP contribution >= 0.6 is 0 Å². The number of nitrogens with one attached hydrogen (secondary N) is 1. The van der Waals surface area contributed by atoms with Crippen molar-refractivity contribution >= 4 is 5.91 Å². The zero-order valence-electron chi connectivity index (χ0n) is 10.8. The van der Waals surface area contributed by atoms with Crippen molar-refractivity contribution in [1.29, 1.82) is 0 Å². The summed E-state index contributed by atoms with van der Waals surface area (Å²) in [6, 6.07) is 3.85. The van der Waals surface area contributed by atoms with Crippen LogP contribution in [0.2, 0.25) is 0 Å². The Morgan fingerprint density at radius 3 is 2.68 bits per heavy atom. The number of rotatable bonds is 3. The number of hydrogen-bond acceptors (Lipinski definition) is 5. The number of phenolic OH excluding ortho intramolecular Hbond substituents is 2. The van der Waals surface area contributed by atoms with Gasteiger partial charge in [-0.3, -0.25) is 4.79 Å². The predicted octanol–water partition coefficient (Wildman–Crippen LogP) is 0.158. The number of ether oxygens (including phenoxy) is 1. The Morgan fingerprint density at radius 1 is 1.42 bits per heavy atom. The first-order valence-corrected chi connectivity index (χ1v) is 6.17. The summed E-state index contributed by atoms with van der Waals surface area (Å²) in [5.41, 5.74) is 0.253. The van der Waals surface area contributed by atoms with Crippen LogP contribution < -0.4 is 5.32 Å². The number of morpholine rings is 1. The lowest BCUT2D eigenvalue weighted by Crippen LogP contribution is -2.45. The van der Waals surface area contributed by atoms with Crippen molar-refractivity contribution in [2.45, 2.75) is 6.10 Å². The highest BCUT2D eigenvalue weighted by Gasteiger charge is 2.20. The molecular formula is C13H18N2O4. The molecule has 1 amide bonds. The van der Waals surface area contributed by atoms with Crippen LogP contribution in [0.15, 0.2) is 18.2 Å². The minimum absolute atomic E-state index is 0.0337. The minimum atomic E-state index is -0.264. The number of aromatic hydroxyl groups is 2. The fraction of sp³-hybridized carbons (Fsp3) is 0.462. The summed E-state index contributed by atoms with van der Waals surface area (Å²) in [7, 11) is 1.67. The average Bonchev–Trinajstić information content (AvgIpc) is 2.37. The molecule has 0 saturated carbocycles. The Balaban J connectivity index is 2.01. The van der Waals surface area contributed by atoms with Gasteiger partial charge in [-0.05, 0) is 12.1 Å². The molecular weight excluding hydrogens is 248 g/mol. The first kappa shape index (κ1) is 13.6. The lowest BCUT2D eigenvalue weighted by atomic mass is 10.1. The van der Waals surface area contributed by atoms with E-state index in [1.165, 1.54) is 23.1 Å². The molecule has 1 atom stereocenters. The second-order valence-electron chi connectivity index (χ2n) is 4.62. The van der Waals surface area contributed by atoms with Gasteiger partial charge in [0.05, 0.1) is 12.7 Å². The first-order chi connectivity index (χ1) is 9.06. The highest BCUT2D eigenvalue weighted by atomic mass is 16.5. The smallest absolute Gasteiger partial charge is 0.253 e. The van der Waals surface area contributed by atoms with E-state index in [0.717, 1.165) is 6.54 Å². The van der Waals surface area contributed by atoms with Gasteiger partial charge in [0.25, 0.3) is 5.91 Å². The monoisotopic (exact) mass is 266 g/mol. The standard InChI is InChI=1S/C13H18N2O4/c1-15(8-12-7-14-2-3-19-12)13(18)9-4-10(16)6-11(17)5-9/h4-6,12,14,16-17H,2-3,7-8H2,1H3. The lowest BCUT2D eigenvalue weighted by Gasteiger charge is -2.28. The molecule has 0 aromatic heterocycles. The van der Waals surface area contributed by atoms with Gasteiger partial charge in [0.2, 0.25) is 0 Å². The van der Waals surface area contributed by atoms with Crippen LogP contribution in [0.4, 0.5) is 0 Å². The van der Waals surface area contributed by atoms with Crippen molar-refractivity contribution in [3.8, 4) is 11.5 Å². The molecule has 6 heteroatoms. The summed E-state index contributed by atoms with van der Waals surface area (Å²) in [6.07, 6.45) is -0.0337. The fourth-order valence-corrected chi connectivity index (χ4v) is 2.06. The quantitative estimate of drug-likeness (QED) is 0.726. The van der Waals surface area contributed by atoms with Gasteiger partial charge in [0.1, 0.15) is 11.5 Å². The Labute approximate surface area is 111 Å². The van der Waals surface area contributed by atoms with Crippen molar-refractivity contribution in [2.75, 3.05) is 33.3 Å². The topological polar surface area (TPSA) is 82.0 Å². The number of carbonyl (C=O) groups is 1. The zero-order chi connectivity index (χ0) is 13.8. The number of hydrogen-bond donors (Lipinski definition) is 3. The molecule has 0 spiro atoms. The van der Waals surface area contributed by atoms with E-state index in [9.17, 15) is 15.0 Å². The van der Waals surface area contributed by atoms with Crippen molar-refractivity contribution in [1.82, 2.24) is 10.2 Å². The first-order valence-electron chi connectivity index (χ1n) is 6.17. The van der Waals surface area contributed by atoms with Crippen LogP contribution in [0.5, 0.6) is 11.5 Å². The van der Waals surface area contributed by atoms with Crippen molar-refractivity contribution in [3.05, 3.63) is 23.8 Å². The molecule has 1 heterocycles. The number of amides is 1. The Hall–Kier alpha value is -1.79. The highest BCUT2D eigenvalue weighted by Crippen LogP contribution is 2.21. The Bertz CT molecular complexity index is 438. The van der Waals surface area contributed by atoms with Crippen molar-refractivity contribution < 1.29 is 19.7 Å². The van der Waals surface area contributed by atoms with E-state index >= 15 is 0 Å². The SMILES string of the molecule is CN(CC1CNCCO1)C(=O)c1cc(O)cc(O)c1. The van der Waals surface area contributed by atoms with Gasteiger partial charge in [0, 0.05) is 38.3 Å². The molecule has 104 valence electrons. The normalized spacial score (nSPS) is 19.1. The summed E-state index contributed by atoms with van der Waals surface area (Å²) >= 11 is 0. The third-order valence-corrected chi connectivity index (χ3v) is 2.98. The van der Waals surface area contributed by atoms with Crippen LogP contribution in [0.25, 0.3) is 0 Å². The molecule has 1 saturated heterocycles. The van der Waals surface area contributed by atoms with Gasteiger partial charge < -0.3 is 25.2 Å². The highest BCUT2D eigenvalue weighted by molar-refractivity contribution is 5.94. The maximum atomic E-state index is 12.2. The molecule has 3 N–H and O–H groups in total. The number of carbonyl (C=O) groups excluding carboxylic acids is 1. The summed E-state index contributed by atoms with van der Waals surface area (Å²) in [5.74, 6) is -0.528. The molecule has 1 aromatic rings. The molecule has 0 radical (unpaired) electrons. The van der Waals surface area contributed by atoms with Gasteiger partial charge in [0.15, 0.2) is 0 Å².